The minimum Gasteiger partial charge on any atom is -0.444 e. The van der Waals surface area contributed by atoms with E-state index < -0.39 is 35.2 Å². The van der Waals surface area contributed by atoms with Crippen molar-refractivity contribution in [2.24, 2.45) is 11.8 Å². The summed E-state index contributed by atoms with van der Waals surface area (Å²) in [6.45, 7) is 7.06. The van der Waals surface area contributed by atoms with Gasteiger partial charge < -0.3 is 15.4 Å². The van der Waals surface area contributed by atoms with Crippen molar-refractivity contribution in [3.8, 4) is 0 Å². The first-order valence-electron chi connectivity index (χ1n) is 10.4. The molecule has 0 saturated heterocycles. The number of halogens is 4. The van der Waals surface area contributed by atoms with Gasteiger partial charge in [-0.25, -0.2) is 9.18 Å². The van der Waals surface area contributed by atoms with Gasteiger partial charge in [0.2, 0.25) is 5.91 Å². The van der Waals surface area contributed by atoms with Gasteiger partial charge in [-0.2, -0.15) is 13.2 Å². The standard InChI is InChI=1S/C22H30F4N2O3/c1-5-6-14-9-17(28-20(30)31-21(2,3)4)11-18(14)19(29)27-12-13-7-15(22(24,25)26)10-16(23)8-13/h7-8,10,14,17-18H,5-6,9,11-12H2,1-4H3,(H,27,29)(H,28,30)/t14?,17-,18-/m1/s1. The number of alkyl carbamates (subject to hydrolysis) is 1. The second kappa shape index (κ2) is 9.87. The molecule has 9 heteroatoms. The van der Waals surface area contributed by atoms with E-state index in [1.807, 2.05) is 6.92 Å². The Morgan fingerprint density at radius 1 is 1.13 bits per heavy atom. The van der Waals surface area contributed by atoms with Crippen molar-refractivity contribution in [1.82, 2.24) is 10.6 Å². The molecule has 1 unspecified atom stereocenters. The first-order chi connectivity index (χ1) is 14.3. The molecule has 31 heavy (non-hydrogen) atoms. The van der Waals surface area contributed by atoms with Crippen LogP contribution in [0.3, 0.4) is 0 Å². The maximum Gasteiger partial charge on any atom is 0.416 e. The number of amides is 2. The lowest BCUT2D eigenvalue weighted by Gasteiger charge is -2.21. The molecule has 2 rings (SSSR count). The zero-order valence-electron chi connectivity index (χ0n) is 18.2. The van der Waals surface area contributed by atoms with Crippen molar-refractivity contribution in [1.29, 1.82) is 0 Å². The highest BCUT2D eigenvalue weighted by Gasteiger charge is 2.39. The van der Waals surface area contributed by atoms with Crippen LogP contribution in [-0.4, -0.2) is 23.6 Å². The van der Waals surface area contributed by atoms with Crippen LogP contribution in [0.4, 0.5) is 22.4 Å². The number of nitrogens with one attached hydrogen (secondary N) is 2. The Kier molecular flexibility index (Phi) is 7.94. The average molecular weight is 446 g/mol. The molecule has 0 bridgehead atoms. The van der Waals surface area contributed by atoms with Crippen molar-refractivity contribution in [2.75, 3.05) is 0 Å². The summed E-state index contributed by atoms with van der Waals surface area (Å²) in [6.07, 6.45) is -2.56. The molecule has 3 atom stereocenters. The monoisotopic (exact) mass is 446 g/mol. The number of benzene rings is 1. The highest BCUT2D eigenvalue weighted by Crippen LogP contribution is 2.36. The van der Waals surface area contributed by atoms with E-state index in [2.05, 4.69) is 10.6 Å². The van der Waals surface area contributed by atoms with Crippen LogP contribution in [-0.2, 0) is 22.3 Å². The molecule has 0 spiro atoms. The Morgan fingerprint density at radius 3 is 2.39 bits per heavy atom. The van der Waals surface area contributed by atoms with Crippen LogP contribution in [0.25, 0.3) is 0 Å². The quantitative estimate of drug-likeness (QED) is 0.592. The molecular formula is C22H30F4N2O3. The van der Waals surface area contributed by atoms with Gasteiger partial charge in [0.05, 0.1) is 5.56 Å². The SMILES string of the molecule is CCCC1C[C@@H](NC(=O)OC(C)(C)C)C[C@H]1C(=O)NCc1cc(F)cc(C(F)(F)F)c1. The molecule has 5 nitrogen and oxygen atoms in total. The number of ether oxygens (including phenoxy) is 1. The molecule has 0 aromatic heterocycles. The molecule has 2 amide bonds. The normalized spacial score (nSPS) is 21.6. The number of carbonyl (C=O) groups is 2. The van der Waals surface area contributed by atoms with Crippen molar-refractivity contribution < 1.29 is 31.9 Å². The van der Waals surface area contributed by atoms with Crippen molar-refractivity contribution in [3.63, 3.8) is 0 Å². The Balaban J connectivity index is 2.01. The summed E-state index contributed by atoms with van der Waals surface area (Å²) >= 11 is 0. The lowest BCUT2D eigenvalue weighted by molar-refractivity contribution is -0.137. The minimum atomic E-state index is -4.67. The summed E-state index contributed by atoms with van der Waals surface area (Å²) in [5.74, 6) is -1.69. The second-order valence-electron chi connectivity index (χ2n) is 9.03. The van der Waals surface area contributed by atoms with Crippen LogP contribution >= 0.6 is 0 Å². The van der Waals surface area contributed by atoms with E-state index in [9.17, 15) is 27.2 Å². The smallest absolute Gasteiger partial charge is 0.416 e. The molecule has 1 aliphatic carbocycles. The van der Waals surface area contributed by atoms with E-state index in [1.54, 1.807) is 20.8 Å². The first kappa shape index (κ1) is 24.9. The van der Waals surface area contributed by atoms with Gasteiger partial charge in [-0.1, -0.05) is 13.3 Å². The Morgan fingerprint density at radius 2 is 1.81 bits per heavy atom. The molecule has 1 fully saturated rings. The van der Waals surface area contributed by atoms with E-state index in [4.69, 9.17) is 4.74 Å². The van der Waals surface area contributed by atoms with Crippen LogP contribution in [0.15, 0.2) is 18.2 Å². The van der Waals surface area contributed by atoms with E-state index in [0.29, 0.717) is 18.9 Å². The molecule has 0 heterocycles. The summed E-state index contributed by atoms with van der Waals surface area (Å²) in [5, 5.41) is 5.43. The van der Waals surface area contributed by atoms with Gasteiger partial charge in [0.15, 0.2) is 0 Å². The second-order valence-corrected chi connectivity index (χ2v) is 9.03. The molecule has 0 radical (unpaired) electrons. The number of hydrogen-bond acceptors (Lipinski definition) is 3. The third-order valence-corrected chi connectivity index (χ3v) is 5.16. The summed E-state index contributed by atoms with van der Waals surface area (Å²) in [5.41, 5.74) is -1.69. The van der Waals surface area contributed by atoms with E-state index >= 15 is 0 Å². The van der Waals surface area contributed by atoms with Gasteiger partial charge in [0.25, 0.3) is 0 Å². The molecular weight excluding hydrogens is 416 g/mol. The predicted octanol–water partition coefficient (Wildman–Crippen LogP) is 5.18. The lowest BCUT2D eigenvalue weighted by Crippen LogP contribution is -2.38. The van der Waals surface area contributed by atoms with Crippen molar-refractivity contribution in [3.05, 3.63) is 35.1 Å². The number of alkyl halides is 3. The van der Waals surface area contributed by atoms with Gasteiger partial charge >= 0.3 is 12.3 Å². The molecule has 1 aromatic rings. The molecule has 1 saturated carbocycles. The first-order valence-corrected chi connectivity index (χ1v) is 10.4. The summed E-state index contributed by atoms with van der Waals surface area (Å²) < 4.78 is 57.5. The van der Waals surface area contributed by atoms with Crippen LogP contribution in [0.1, 0.15) is 64.5 Å². The summed E-state index contributed by atoms with van der Waals surface area (Å²) in [7, 11) is 0. The van der Waals surface area contributed by atoms with Crippen LogP contribution in [0, 0.1) is 17.7 Å². The molecule has 0 aliphatic heterocycles. The van der Waals surface area contributed by atoms with Gasteiger partial charge in [0.1, 0.15) is 11.4 Å². The van der Waals surface area contributed by atoms with E-state index in [0.717, 1.165) is 25.0 Å². The third kappa shape index (κ3) is 7.70. The highest BCUT2D eigenvalue weighted by atomic mass is 19.4. The number of rotatable bonds is 6. The maximum atomic E-state index is 13.6. The fourth-order valence-electron chi connectivity index (χ4n) is 3.96. The van der Waals surface area contributed by atoms with Crippen molar-refractivity contribution >= 4 is 12.0 Å². The predicted molar refractivity (Wildman–Crippen MR) is 108 cm³/mol. The highest BCUT2D eigenvalue weighted by molar-refractivity contribution is 5.79. The van der Waals surface area contributed by atoms with Gasteiger partial charge in [-0.15, -0.1) is 0 Å². The third-order valence-electron chi connectivity index (χ3n) is 5.16. The molecule has 1 aliphatic rings. The minimum absolute atomic E-state index is 0.0307. The number of hydrogen-bond donors (Lipinski definition) is 2. The topological polar surface area (TPSA) is 67.4 Å². The van der Waals surface area contributed by atoms with Crippen molar-refractivity contribution in [2.45, 2.75) is 77.7 Å². The molecule has 1 aromatic carbocycles. The van der Waals surface area contributed by atoms with Crippen LogP contribution in [0.2, 0.25) is 0 Å². The fraction of sp³-hybridized carbons (Fsp3) is 0.636. The van der Waals surface area contributed by atoms with Crippen LogP contribution in [0.5, 0.6) is 0 Å². The van der Waals surface area contributed by atoms with Gasteiger partial charge in [-0.3, -0.25) is 4.79 Å². The number of carbonyl (C=O) groups excluding carboxylic acids is 2. The Hall–Kier alpha value is -2.32. The molecule has 174 valence electrons. The molecule has 2 N–H and O–H groups in total. The lowest BCUT2D eigenvalue weighted by atomic mass is 9.91. The van der Waals surface area contributed by atoms with Gasteiger partial charge in [-0.05, 0) is 69.7 Å². The Labute approximate surface area is 179 Å². The largest absolute Gasteiger partial charge is 0.444 e. The zero-order chi connectivity index (χ0) is 23.4. The Bertz CT molecular complexity index is 790. The average Bonchev–Trinajstić information content (AvgIpc) is 2.99. The van der Waals surface area contributed by atoms with E-state index in [1.165, 1.54) is 0 Å². The summed E-state index contributed by atoms with van der Waals surface area (Å²) in [4.78, 5) is 24.8. The van der Waals surface area contributed by atoms with Crippen LogP contribution < -0.4 is 10.6 Å². The maximum absolute atomic E-state index is 13.6. The fourth-order valence-corrected chi connectivity index (χ4v) is 3.96. The van der Waals surface area contributed by atoms with E-state index in [-0.39, 0.29) is 30.0 Å². The van der Waals surface area contributed by atoms with Gasteiger partial charge in [0, 0.05) is 18.5 Å². The zero-order valence-corrected chi connectivity index (χ0v) is 18.2. The summed E-state index contributed by atoms with van der Waals surface area (Å²) in [6, 6.07) is 2.00.